The molecule has 9 heteroatoms. The number of alkyl halides is 3. The van der Waals surface area contributed by atoms with Crippen molar-refractivity contribution >= 4 is 17.5 Å². The van der Waals surface area contributed by atoms with Gasteiger partial charge in [0.15, 0.2) is 0 Å². The van der Waals surface area contributed by atoms with Crippen LogP contribution in [0.4, 0.5) is 13.2 Å². The Hall–Kier alpha value is -2.09. The minimum absolute atomic E-state index is 0.0598. The number of carbonyl (C=O) groups excluding carboxylic acids is 1. The van der Waals surface area contributed by atoms with Crippen molar-refractivity contribution in [2.24, 2.45) is 0 Å². The maximum Gasteiger partial charge on any atom is 0.405 e. The lowest BCUT2D eigenvalue weighted by Crippen LogP contribution is -2.33. The molecule has 0 aliphatic rings. The van der Waals surface area contributed by atoms with Crippen molar-refractivity contribution in [3.8, 4) is 11.4 Å². The van der Waals surface area contributed by atoms with Gasteiger partial charge in [-0.05, 0) is 24.3 Å². The highest BCUT2D eigenvalue weighted by atomic mass is 35.5. The van der Waals surface area contributed by atoms with E-state index in [1.807, 2.05) is 0 Å². The number of hydrogen-bond acceptors (Lipinski definition) is 4. The Morgan fingerprint density at radius 2 is 1.95 bits per heavy atom. The number of halogens is 4. The van der Waals surface area contributed by atoms with E-state index in [9.17, 15) is 18.0 Å². The minimum Gasteiger partial charge on any atom is -0.347 e. The van der Waals surface area contributed by atoms with Crippen LogP contribution in [-0.2, 0) is 11.2 Å². The second kappa shape index (κ2) is 6.78. The van der Waals surface area contributed by atoms with Crippen LogP contribution < -0.4 is 5.32 Å². The molecular formula is C13H11ClF3N3O2. The highest BCUT2D eigenvalue weighted by molar-refractivity contribution is 6.30. The van der Waals surface area contributed by atoms with E-state index in [4.69, 9.17) is 16.1 Å². The molecule has 1 aromatic carbocycles. The van der Waals surface area contributed by atoms with Gasteiger partial charge in [-0.15, -0.1) is 0 Å². The van der Waals surface area contributed by atoms with Crippen LogP contribution in [0.2, 0.25) is 5.02 Å². The van der Waals surface area contributed by atoms with Crippen molar-refractivity contribution in [2.45, 2.75) is 19.0 Å². The molecule has 0 radical (unpaired) electrons. The fourth-order valence-electron chi connectivity index (χ4n) is 1.58. The molecule has 0 aliphatic carbocycles. The SMILES string of the molecule is O=C(CCc1nc(-c2ccc(Cl)cc2)no1)NCC(F)(F)F. The molecule has 22 heavy (non-hydrogen) atoms. The summed E-state index contributed by atoms with van der Waals surface area (Å²) in [6.07, 6.45) is -4.54. The molecule has 1 N–H and O–H groups in total. The molecule has 0 saturated heterocycles. The zero-order chi connectivity index (χ0) is 16.2. The van der Waals surface area contributed by atoms with E-state index in [1.54, 1.807) is 29.6 Å². The number of aryl methyl sites for hydroxylation is 1. The standard InChI is InChI=1S/C13H11ClF3N3O2/c14-9-3-1-8(2-4-9)12-19-11(22-20-12)6-5-10(21)18-7-13(15,16)17/h1-4H,5-7H2,(H,18,21). The first-order valence-corrected chi connectivity index (χ1v) is 6.63. The highest BCUT2D eigenvalue weighted by Gasteiger charge is 2.27. The summed E-state index contributed by atoms with van der Waals surface area (Å²) < 4.78 is 40.7. The average molecular weight is 334 g/mol. The molecular weight excluding hydrogens is 323 g/mol. The summed E-state index contributed by atoms with van der Waals surface area (Å²) in [5, 5.41) is 6.07. The number of rotatable bonds is 5. The number of hydrogen-bond donors (Lipinski definition) is 1. The van der Waals surface area contributed by atoms with Gasteiger partial charge < -0.3 is 9.84 Å². The van der Waals surface area contributed by atoms with Crippen LogP contribution in [-0.4, -0.2) is 28.8 Å². The molecule has 5 nitrogen and oxygen atoms in total. The molecule has 118 valence electrons. The molecule has 0 atom stereocenters. The van der Waals surface area contributed by atoms with E-state index < -0.39 is 18.6 Å². The summed E-state index contributed by atoms with van der Waals surface area (Å²) in [5.41, 5.74) is 0.681. The van der Waals surface area contributed by atoms with Crippen LogP contribution in [0.5, 0.6) is 0 Å². The molecule has 2 aromatic rings. The van der Waals surface area contributed by atoms with E-state index in [0.717, 1.165) is 0 Å². The second-order valence-corrected chi connectivity index (χ2v) is 4.85. The summed E-state index contributed by atoms with van der Waals surface area (Å²) in [4.78, 5) is 15.3. The zero-order valence-electron chi connectivity index (χ0n) is 11.2. The topological polar surface area (TPSA) is 68.0 Å². The Morgan fingerprint density at radius 3 is 2.59 bits per heavy atom. The third-order valence-corrected chi connectivity index (χ3v) is 2.87. The van der Waals surface area contributed by atoms with Gasteiger partial charge in [0.2, 0.25) is 17.6 Å². The van der Waals surface area contributed by atoms with Crippen molar-refractivity contribution in [1.82, 2.24) is 15.5 Å². The normalized spacial score (nSPS) is 11.5. The molecule has 0 fully saturated rings. The zero-order valence-corrected chi connectivity index (χ0v) is 11.9. The maximum atomic E-state index is 11.9. The maximum absolute atomic E-state index is 11.9. The molecule has 0 aliphatic heterocycles. The van der Waals surface area contributed by atoms with Gasteiger partial charge in [-0.1, -0.05) is 16.8 Å². The Kier molecular flexibility index (Phi) is 5.02. The van der Waals surface area contributed by atoms with Crippen molar-refractivity contribution in [1.29, 1.82) is 0 Å². The van der Waals surface area contributed by atoms with E-state index >= 15 is 0 Å². The number of amides is 1. The first-order chi connectivity index (χ1) is 10.3. The van der Waals surface area contributed by atoms with Crippen molar-refractivity contribution < 1.29 is 22.5 Å². The Labute approximate surface area is 128 Å². The van der Waals surface area contributed by atoms with Gasteiger partial charge in [0.05, 0.1) is 0 Å². The third kappa shape index (κ3) is 5.03. The van der Waals surface area contributed by atoms with Crippen LogP contribution in [0.3, 0.4) is 0 Å². The molecule has 0 bridgehead atoms. The monoisotopic (exact) mass is 333 g/mol. The molecule has 0 spiro atoms. The van der Waals surface area contributed by atoms with Crippen LogP contribution in [0.1, 0.15) is 12.3 Å². The first kappa shape index (κ1) is 16.3. The predicted octanol–water partition coefficient (Wildman–Crippen LogP) is 3.00. The molecule has 1 amide bonds. The van der Waals surface area contributed by atoms with Gasteiger partial charge in [0, 0.05) is 23.4 Å². The summed E-state index contributed by atoms with van der Waals surface area (Å²) in [6, 6.07) is 6.73. The van der Waals surface area contributed by atoms with Crippen molar-refractivity contribution in [3.63, 3.8) is 0 Å². The number of carbonyl (C=O) groups is 1. The molecule has 2 rings (SSSR count). The lowest BCUT2D eigenvalue weighted by molar-refractivity contribution is -0.138. The van der Waals surface area contributed by atoms with Crippen LogP contribution >= 0.6 is 11.6 Å². The van der Waals surface area contributed by atoms with Gasteiger partial charge in [-0.2, -0.15) is 18.2 Å². The average Bonchev–Trinajstić information content (AvgIpc) is 2.92. The minimum atomic E-state index is -4.43. The molecule has 0 unspecified atom stereocenters. The fraction of sp³-hybridized carbons (Fsp3) is 0.308. The number of aromatic nitrogens is 2. The van der Waals surface area contributed by atoms with Crippen LogP contribution in [0.15, 0.2) is 28.8 Å². The largest absolute Gasteiger partial charge is 0.405 e. The quantitative estimate of drug-likeness (QED) is 0.913. The second-order valence-electron chi connectivity index (χ2n) is 4.41. The van der Waals surface area contributed by atoms with Crippen LogP contribution in [0.25, 0.3) is 11.4 Å². The first-order valence-electron chi connectivity index (χ1n) is 6.25. The van der Waals surface area contributed by atoms with Gasteiger partial charge in [0.25, 0.3) is 0 Å². The molecule has 1 aromatic heterocycles. The van der Waals surface area contributed by atoms with Crippen LogP contribution in [0, 0.1) is 0 Å². The van der Waals surface area contributed by atoms with Crippen molar-refractivity contribution in [2.75, 3.05) is 6.54 Å². The Balaban J connectivity index is 1.87. The summed E-state index contributed by atoms with van der Waals surface area (Å²) >= 11 is 5.76. The van der Waals surface area contributed by atoms with Gasteiger partial charge in [0.1, 0.15) is 6.54 Å². The van der Waals surface area contributed by atoms with Gasteiger partial charge in [-0.3, -0.25) is 4.79 Å². The van der Waals surface area contributed by atoms with E-state index in [0.29, 0.717) is 16.4 Å². The Bertz CT molecular complexity index is 641. The number of benzene rings is 1. The fourth-order valence-corrected chi connectivity index (χ4v) is 1.71. The molecule has 0 saturated carbocycles. The van der Waals surface area contributed by atoms with Crippen molar-refractivity contribution in [3.05, 3.63) is 35.2 Å². The van der Waals surface area contributed by atoms with Gasteiger partial charge in [-0.25, -0.2) is 0 Å². The number of nitrogens with zero attached hydrogens (tertiary/aromatic N) is 2. The number of nitrogens with one attached hydrogen (secondary N) is 1. The highest BCUT2D eigenvalue weighted by Crippen LogP contribution is 2.19. The summed E-state index contributed by atoms with van der Waals surface area (Å²) in [6.45, 7) is -1.36. The Morgan fingerprint density at radius 1 is 1.27 bits per heavy atom. The third-order valence-electron chi connectivity index (χ3n) is 2.62. The summed E-state index contributed by atoms with van der Waals surface area (Å²) in [5.74, 6) is -0.238. The lowest BCUT2D eigenvalue weighted by atomic mass is 10.2. The van der Waals surface area contributed by atoms with E-state index in [-0.39, 0.29) is 18.7 Å². The lowest BCUT2D eigenvalue weighted by Gasteiger charge is -2.07. The van der Waals surface area contributed by atoms with E-state index in [2.05, 4.69) is 10.1 Å². The smallest absolute Gasteiger partial charge is 0.347 e. The predicted molar refractivity (Wildman–Crippen MR) is 72.1 cm³/mol. The molecule has 1 heterocycles. The van der Waals surface area contributed by atoms with Gasteiger partial charge >= 0.3 is 6.18 Å². The van der Waals surface area contributed by atoms with E-state index in [1.165, 1.54) is 0 Å². The summed E-state index contributed by atoms with van der Waals surface area (Å²) in [7, 11) is 0.